The van der Waals surface area contributed by atoms with Crippen molar-refractivity contribution in [3.8, 4) is 5.75 Å². The third-order valence-corrected chi connectivity index (χ3v) is 3.05. The average Bonchev–Trinajstić information content (AvgIpc) is 3.16. The van der Waals surface area contributed by atoms with Crippen LogP contribution in [-0.4, -0.2) is 31.0 Å². The predicted molar refractivity (Wildman–Crippen MR) is 91.9 cm³/mol. The summed E-state index contributed by atoms with van der Waals surface area (Å²) in [6.07, 6.45) is 3.97. The number of rotatable bonds is 7. The SMILES string of the molecule is O=C(COC(=O)/C=C/c1ccco1)NNC(=O)COc1ccc(Cl)cc1. The van der Waals surface area contributed by atoms with Crippen LogP contribution in [0.3, 0.4) is 0 Å². The van der Waals surface area contributed by atoms with Crippen LogP contribution in [0, 0.1) is 0 Å². The van der Waals surface area contributed by atoms with Crippen LogP contribution in [0.1, 0.15) is 5.76 Å². The third kappa shape index (κ3) is 7.10. The van der Waals surface area contributed by atoms with E-state index >= 15 is 0 Å². The zero-order chi connectivity index (χ0) is 18.8. The molecule has 1 aromatic carbocycles. The van der Waals surface area contributed by atoms with Gasteiger partial charge in [-0.25, -0.2) is 4.79 Å². The molecule has 0 saturated heterocycles. The van der Waals surface area contributed by atoms with E-state index in [1.165, 1.54) is 12.3 Å². The summed E-state index contributed by atoms with van der Waals surface area (Å²) in [5.74, 6) is -1.09. The van der Waals surface area contributed by atoms with Crippen LogP contribution in [0.4, 0.5) is 0 Å². The standard InChI is InChI=1S/C17H15ClN2O6/c18-12-3-5-14(6-4-12)25-10-15(21)19-20-16(22)11-26-17(23)8-7-13-2-1-9-24-13/h1-9H,10-11H2,(H,19,21)(H,20,22)/b8-7+. The van der Waals surface area contributed by atoms with Crippen molar-refractivity contribution >= 4 is 35.5 Å². The van der Waals surface area contributed by atoms with Crippen LogP contribution < -0.4 is 15.6 Å². The topological polar surface area (TPSA) is 107 Å². The number of carbonyl (C=O) groups excluding carboxylic acids is 3. The molecule has 0 bridgehead atoms. The number of hydrogen-bond acceptors (Lipinski definition) is 6. The molecule has 2 N–H and O–H groups in total. The molecule has 0 unspecified atom stereocenters. The molecule has 2 rings (SSSR count). The smallest absolute Gasteiger partial charge is 0.331 e. The molecule has 2 amide bonds. The van der Waals surface area contributed by atoms with Gasteiger partial charge in [-0.2, -0.15) is 0 Å². The van der Waals surface area contributed by atoms with E-state index in [-0.39, 0.29) is 6.61 Å². The summed E-state index contributed by atoms with van der Waals surface area (Å²) in [5, 5.41) is 0.544. The number of amides is 2. The lowest BCUT2D eigenvalue weighted by molar-refractivity contribution is -0.144. The minimum atomic E-state index is -0.728. The lowest BCUT2D eigenvalue weighted by atomic mass is 10.3. The van der Waals surface area contributed by atoms with Crippen LogP contribution in [-0.2, 0) is 19.1 Å². The Morgan fingerprint density at radius 3 is 2.38 bits per heavy atom. The fourth-order valence-electron chi connectivity index (χ4n) is 1.61. The highest BCUT2D eigenvalue weighted by Gasteiger charge is 2.08. The summed E-state index contributed by atoms with van der Waals surface area (Å²) in [6, 6.07) is 9.75. The van der Waals surface area contributed by atoms with E-state index in [0.29, 0.717) is 16.5 Å². The molecule has 0 radical (unpaired) electrons. The van der Waals surface area contributed by atoms with Gasteiger partial charge in [0, 0.05) is 11.1 Å². The summed E-state index contributed by atoms with van der Waals surface area (Å²) in [5.41, 5.74) is 4.22. The lowest BCUT2D eigenvalue weighted by Gasteiger charge is -2.08. The van der Waals surface area contributed by atoms with Gasteiger partial charge >= 0.3 is 5.97 Å². The number of nitrogens with one attached hydrogen (secondary N) is 2. The van der Waals surface area contributed by atoms with Crippen LogP contribution in [0.25, 0.3) is 6.08 Å². The van der Waals surface area contributed by atoms with E-state index < -0.39 is 24.4 Å². The Kier molecular flexibility index (Phi) is 7.26. The van der Waals surface area contributed by atoms with Crippen molar-refractivity contribution in [3.63, 3.8) is 0 Å². The van der Waals surface area contributed by atoms with Gasteiger partial charge in [-0.3, -0.25) is 20.4 Å². The Balaban J connectivity index is 1.60. The zero-order valence-corrected chi connectivity index (χ0v) is 14.2. The van der Waals surface area contributed by atoms with Gasteiger partial charge in [0.25, 0.3) is 11.8 Å². The third-order valence-electron chi connectivity index (χ3n) is 2.80. The number of hydrazine groups is 1. The molecular formula is C17H15ClN2O6. The molecule has 8 nitrogen and oxygen atoms in total. The lowest BCUT2D eigenvalue weighted by Crippen LogP contribution is -2.45. The van der Waals surface area contributed by atoms with Crippen molar-refractivity contribution < 1.29 is 28.3 Å². The van der Waals surface area contributed by atoms with Crippen molar-refractivity contribution in [2.45, 2.75) is 0 Å². The molecule has 1 heterocycles. The molecule has 0 aliphatic heterocycles. The second kappa shape index (κ2) is 9.90. The summed E-state index contributed by atoms with van der Waals surface area (Å²) < 4.78 is 14.9. The molecule has 0 saturated carbocycles. The first-order valence-corrected chi connectivity index (χ1v) is 7.75. The van der Waals surface area contributed by atoms with Crippen LogP contribution in [0.5, 0.6) is 5.75 Å². The molecule has 136 valence electrons. The van der Waals surface area contributed by atoms with Crippen molar-refractivity contribution in [2.75, 3.05) is 13.2 Å². The molecule has 0 aliphatic carbocycles. The van der Waals surface area contributed by atoms with Crippen LogP contribution in [0.2, 0.25) is 5.02 Å². The van der Waals surface area contributed by atoms with E-state index in [0.717, 1.165) is 6.08 Å². The van der Waals surface area contributed by atoms with Crippen molar-refractivity contribution in [3.05, 3.63) is 59.5 Å². The molecule has 26 heavy (non-hydrogen) atoms. The fraction of sp³-hybridized carbons (Fsp3) is 0.118. The molecule has 0 fully saturated rings. The molecule has 0 atom stereocenters. The van der Waals surface area contributed by atoms with E-state index in [9.17, 15) is 14.4 Å². The van der Waals surface area contributed by atoms with E-state index in [1.54, 1.807) is 36.4 Å². The Morgan fingerprint density at radius 1 is 1.04 bits per heavy atom. The molecular weight excluding hydrogens is 364 g/mol. The van der Waals surface area contributed by atoms with Gasteiger partial charge in [-0.15, -0.1) is 0 Å². The highest BCUT2D eigenvalue weighted by atomic mass is 35.5. The number of ether oxygens (including phenoxy) is 2. The van der Waals surface area contributed by atoms with Crippen molar-refractivity contribution in [1.29, 1.82) is 0 Å². The van der Waals surface area contributed by atoms with Gasteiger partial charge in [0.2, 0.25) is 0 Å². The first-order chi connectivity index (χ1) is 12.5. The molecule has 2 aromatic rings. The van der Waals surface area contributed by atoms with Crippen molar-refractivity contribution in [2.24, 2.45) is 0 Å². The van der Waals surface area contributed by atoms with Crippen molar-refractivity contribution in [1.82, 2.24) is 10.9 Å². The van der Waals surface area contributed by atoms with Crippen LogP contribution >= 0.6 is 11.6 Å². The fourth-order valence-corrected chi connectivity index (χ4v) is 1.74. The highest BCUT2D eigenvalue weighted by molar-refractivity contribution is 6.30. The quantitative estimate of drug-likeness (QED) is 0.431. The summed E-state index contributed by atoms with van der Waals surface area (Å²) in [7, 11) is 0. The summed E-state index contributed by atoms with van der Waals surface area (Å²) in [6.45, 7) is -0.868. The first-order valence-electron chi connectivity index (χ1n) is 7.37. The van der Waals surface area contributed by atoms with E-state index in [4.69, 9.17) is 25.5 Å². The largest absolute Gasteiger partial charge is 0.484 e. The monoisotopic (exact) mass is 378 g/mol. The highest BCUT2D eigenvalue weighted by Crippen LogP contribution is 2.15. The zero-order valence-electron chi connectivity index (χ0n) is 13.4. The Labute approximate surface area is 153 Å². The molecule has 9 heteroatoms. The second-order valence-corrected chi connectivity index (χ2v) is 5.23. The van der Waals surface area contributed by atoms with Gasteiger partial charge in [-0.05, 0) is 42.5 Å². The maximum Gasteiger partial charge on any atom is 0.331 e. The minimum absolute atomic E-state index is 0.312. The van der Waals surface area contributed by atoms with Gasteiger partial charge in [0.1, 0.15) is 11.5 Å². The Hall–Kier alpha value is -3.26. The maximum atomic E-state index is 11.6. The Morgan fingerprint density at radius 2 is 1.73 bits per heavy atom. The van der Waals surface area contributed by atoms with E-state index in [2.05, 4.69) is 10.9 Å². The number of esters is 1. The maximum absolute atomic E-state index is 11.6. The molecule has 1 aromatic heterocycles. The summed E-state index contributed by atoms with van der Waals surface area (Å²) in [4.78, 5) is 34.5. The number of hydrogen-bond donors (Lipinski definition) is 2. The Bertz CT molecular complexity index is 771. The van der Waals surface area contributed by atoms with Gasteiger partial charge in [0.05, 0.1) is 6.26 Å². The van der Waals surface area contributed by atoms with Gasteiger partial charge < -0.3 is 13.9 Å². The van der Waals surface area contributed by atoms with Gasteiger partial charge in [0.15, 0.2) is 13.2 Å². The minimum Gasteiger partial charge on any atom is -0.484 e. The number of furan rings is 1. The summed E-state index contributed by atoms with van der Waals surface area (Å²) >= 11 is 5.73. The number of halogens is 1. The first kappa shape index (κ1) is 19.1. The van der Waals surface area contributed by atoms with Gasteiger partial charge in [-0.1, -0.05) is 11.6 Å². The number of carbonyl (C=O) groups is 3. The normalized spacial score (nSPS) is 10.3. The van der Waals surface area contributed by atoms with Crippen LogP contribution in [0.15, 0.2) is 53.2 Å². The number of benzene rings is 1. The molecule has 0 spiro atoms. The molecule has 0 aliphatic rings. The average molecular weight is 379 g/mol. The van der Waals surface area contributed by atoms with E-state index in [1.807, 2.05) is 0 Å². The predicted octanol–water partition coefficient (Wildman–Crippen LogP) is 1.72. The second-order valence-electron chi connectivity index (χ2n) is 4.80.